The van der Waals surface area contributed by atoms with Gasteiger partial charge in [-0.15, -0.1) is 0 Å². The number of likely N-dealkylation sites (N-methyl/N-ethyl adjacent to an activating group) is 1. The van der Waals surface area contributed by atoms with E-state index >= 15 is 0 Å². The minimum Gasteiger partial charge on any atom is -0.385 e. The maximum atomic E-state index is 12.7. The largest absolute Gasteiger partial charge is 0.385 e. The van der Waals surface area contributed by atoms with Crippen molar-refractivity contribution in [3.05, 3.63) is 0 Å². The molecular weight excluding hydrogens is 272 g/mol. The minimum absolute atomic E-state index is 0.236. The van der Waals surface area contributed by atoms with Crippen molar-refractivity contribution < 1.29 is 31.9 Å². The first-order valence-corrected chi connectivity index (χ1v) is 5.40. The summed E-state index contributed by atoms with van der Waals surface area (Å²) in [4.78, 5) is 22.5. The summed E-state index contributed by atoms with van der Waals surface area (Å²) < 4.78 is 54.0. The summed E-state index contributed by atoms with van der Waals surface area (Å²) >= 11 is 0. The number of hydrogen-bond donors (Lipinski definition) is 1. The SMILES string of the molecule is COCCCNC(=O)CN(C)C(=O)C(F)(F)C(F)F. The Hall–Kier alpha value is -1.38. The Morgan fingerprint density at radius 2 is 1.95 bits per heavy atom. The standard InChI is InChI=1S/C10H16F4N2O3/c1-16(9(18)10(13,14)8(11)12)6-7(17)15-4-3-5-19-2/h8H,3-6H2,1-2H3,(H,15,17). The second kappa shape index (κ2) is 7.93. The van der Waals surface area contributed by atoms with E-state index in [-0.39, 0.29) is 11.4 Å². The third-order valence-corrected chi connectivity index (χ3v) is 2.13. The van der Waals surface area contributed by atoms with Crippen molar-refractivity contribution >= 4 is 11.8 Å². The second-order valence-corrected chi connectivity index (χ2v) is 3.78. The number of alkyl halides is 4. The molecule has 0 aromatic heterocycles. The number of methoxy groups -OCH3 is 1. The fourth-order valence-corrected chi connectivity index (χ4v) is 1.14. The van der Waals surface area contributed by atoms with Gasteiger partial charge >= 0.3 is 12.3 Å². The third kappa shape index (κ3) is 5.86. The molecule has 0 saturated heterocycles. The van der Waals surface area contributed by atoms with E-state index in [9.17, 15) is 27.2 Å². The molecule has 19 heavy (non-hydrogen) atoms. The third-order valence-electron chi connectivity index (χ3n) is 2.13. The molecule has 1 N–H and O–H groups in total. The van der Waals surface area contributed by atoms with Gasteiger partial charge in [-0.1, -0.05) is 0 Å². The van der Waals surface area contributed by atoms with Gasteiger partial charge in [0.15, 0.2) is 0 Å². The van der Waals surface area contributed by atoms with Gasteiger partial charge in [-0.2, -0.15) is 8.78 Å². The van der Waals surface area contributed by atoms with E-state index in [1.807, 2.05) is 0 Å². The highest BCUT2D eigenvalue weighted by atomic mass is 19.3. The van der Waals surface area contributed by atoms with Gasteiger partial charge in [0.25, 0.3) is 5.91 Å². The fraction of sp³-hybridized carbons (Fsp3) is 0.800. The molecule has 0 atom stereocenters. The molecule has 0 aromatic carbocycles. The highest BCUT2D eigenvalue weighted by molar-refractivity contribution is 5.88. The molecule has 5 nitrogen and oxygen atoms in total. The summed E-state index contributed by atoms with van der Waals surface area (Å²) in [7, 11) is 2.33. The number of carbonyl (C=O) groups excluding carboxylic acids is 2. The van der Waals surface area contributed by atoms with Gasteiger partial charge in [0.1, 0.15) is 0 Å². The lowest BCUT2D eigenvalue weighted by atomic mass is 10.3. The van der Waals surface area contributed by atoms with Crippen LogP contribution in [0.2, 0.25) is 0 Å². The lowest BCUT2D eigenvalue weighted by Gasteiger charge is -2.22. The maximum absolute atomic E-state index is 12.7. The van der Waals surface area contributed by atoms with Gasteiger partial charge < -0.3 is 15.0 Å². The van der Waals surface area contributed by atoms with E-state index in [1.165, 1.54) is 7.11 Å². The first-order chi connectivity index (χ1) is 8.73. The van der Waals surface area contributed by atoms with E-state index in [0.717, 1.165) is 7.05 Å². The van der Waals surface area contributed by atoms with Crippen LogP contribution >= 0.6 is 0 Å². The molecule has 0 heterocycles. The summed E-state index contributed by atoms with van der Waals surface area (Å²) in [5, 5.41) is 2.34. The fourth-order valence-electron chi connectivity index (χ4n) is 1.14. The van der Waals surface area contributed by atoms with Crippen molar-refractivity contribution in [2.24, 2.45) is 0 Å². The Morgan fingerprint density at radius 1 is 1.37 bits per heavy atom. The molecule has 0 unspecified atom stereocenters. The van der Waals surface area contributed by atoms with Crippen LogP contribution in [0.5, 0.6) is 0 Å². The number of nitrogens with zero attached hydrogens (tertiary/aromatic N) is 1. The van der Waals surface area contributed by atoms with Crippen molar-refractivity contribution in [2.45, 2.75) is 18.8 Å². The summed E-state index contributed by atoms with van der Waals surface area (Å²) in [5.41, 5.74) is 0. The number of nitrogens with one attached hydrogen (secondary N) is 1. The molecule has 112 valence electrons. The molecule has 0 saturated carbocycles. The van der Waals surface area contributed by atoms with Crippen LogP contribution in [0.1, 0.15) is 6.42 Å². The van der Waals surface area contributed by atoms with Crippen LogP contribution in [0.25, 0.3) is 0 Å². The summed E-state index contributed by atoms with van der Waals surface area (Å²) in [6, 6.07) is 0. The molecule has 0 aromatic rings. The highest BCUT2D eigenvalue weighted by Gasteiger charge is 2.50. The normalized spacial score (nSPS) is 11.5. The van der Waals surface area contributed by atoms with Crippen LogP contribution in [0.15, 0.2) is 0 Å². The zero-order chi connectivity index (χ0) is 15.1. The molecular formula is C10H16F4N2O3. The van der Waals surface area contributed by atoms with E-state index < -0.39 is 30.7 Å². The van der Waals surface area contributed by atoms with Crippen molar-refractivity contribution in [1.82, 2.24) is 10.2 Å². The molecule has 0 aliphatic heterocycles. The number of hydrogen-bond acceptors (Lipinski definition) is 3. The quantitative estimate of drug-likeness (QED) is 0.522. The summed E-state index contributed by atoms with van der Waals surface area (Å²) in [5.74, 6) is -7.59. The predicted octanol–water partition coefficient (Wildman–Crippen LogP) is 0.498. The van der Waals surface area contributed by atoms with E-state index in [0.29, 0.717) is 13.0 Å². The Labute approximate surface area is 107 Å². The second-order valence-electron chi connectivity index (χ2n) is 3.78. The molecule has 0 aliphatic carbocycles. The Kier molecular flexibility index (Phi) is 7.35. The van der Waals surface area contributed by atoms with Gasteiger partial charge in [0, 0.05) is 27.3 Å². The van der Waals surface area contributed by atoms with Crippen LogP contribution in [0.3, 0.4) is 0 Å². The molecule has 0 radical (unpaired) electrons. The van der Waals surface area contributed by atoms with Crippen LogP contribution < -0.4 is 5.32 Å². The average molecular weight is 288 g/mol. The van der Waals surface area contributed by atoms with Gasteiger partial charge in [-0.05, 0) is 6.42 Å². The Balaban J connectivity index is 4.19. The summed E-state index contributed by atoms with van der Waals surface area (Å²) in [6.45, 7) is -0.0768. The first kappa shape index (κ1) is 17.6. The number of halogens is 4. The van der Waals surface area contributed by atoms with E-state index in [1.54, 1.807) is 0 Å². The Morgan fingerprint density at radius 3 is 2.42 bits per heavy atom. The van der Waals surface area contributed by atoms with Crippen molar-refractivity contribution in [3.63, 3.8) is 0 Å². The number of carbonyl (C=O) groups is 2. The number of rotatable bonds is 8. The van der Waals surface area contributed by atoms with Gasteiger partial charge in [0.05, 0.1) is 6.54 Å². The van der Waals surface area contributed by atoms with Crippen molar-refractivity contribution in [2.75, 3.05) is 33.9 Å². The van der Waals surface area contributed by atoms with E-state index in [2.05, 4.69) is 5.32 Å². The monoisotopic (exact) mass is 288 g/mol. The van der Waals surface area contributed by atoms with E-state index in [4.69, 9.17) is 4.74 Å². The van der Waals surface area contributed by atoms with Crippen LogP contribution in [0, 0.1) is 0 Å². The smallest absolute Gasteiger partial charge is 0.383 e. The zero-order valence-electron chi connectivity index (χ0n) is 10.6. The molecule has 0 rings (SSSR count). The molecule has 0 aliphatic rings. The molecule has 9 heteroatoms. The molecule has 0 bridgehead atoms. The van der Waals surface area contributed by atoms with Crippen LogP contribution in [0.4, 0.5) is 17.6 Å². The predicted molar refractivity (Wildman–Crippen MR) is 58.1 cm³/mol. The van der Waals surface area contributed by atoms with Gasteiger partial charge in [0.2, 0.25) is 5.91 Å². The maximum Gasteiger partial charge on any atom is 0.383 e. The highest BCUT2D eigenvalue weighted by Crippen LogP contribution is 2.24. The topological polar surface area (TPSA) is 58.6 Å². The summed E-state index contributed by atoms with van der Waals surface area (Å²) in [6.07, 6.45) is -3.60. The number of ether oxygens (including phenoxy) is 1. The zero-order valence-corrected chi connectivity index (χ0v) is 10.6. The lowest BCUT2D eigenvalue weighted by molar-refractivity contribution is -0.179. The Bertz CT molecular complexity index is 313. The number of amides is 2. The van der Waals surface area contributed by atoms with Crippen molar-refractivity contribution in [1.29, 1.82) is 0 Å². The minimum atomic E-state index is -4.79. The molecule has 0 fully saturated rings. The van der Waals surface area contributed by atoms with Crippen molar-refractivity contribution in [3.8, 4) is 0 Å². The molecule has 0 spiro atoms. The van der Waals surface area contributed by atoms with Crippen LogP contribution in [-0.2, 0) is 14.3 Å². The lowest BCUT2D eigenvalue weighted by Crippen LogP contribution is -2.49. The van der Waals surface area contributed by atoms with Gasteiger partial charge in [-0.3, -0.25) is 9.59 Å². The average Bonchev–Trinajstić information content (AvgIpc) is 2.33. The van der Waals surface area contributed by atoms with Crippen LogP contribution in [-0.4, -0.2) is 62.9 Å². The first-order valence-electron chi connectivity index (χ1n) is 5.40. The van der Waals surface area contributed by atoms with Gasteiger partial charge in [-0.25, -0.2) is 8.78 Å². The molecule has 2 amide bonds.